The number of hydrogen-bond acceptors (Lipinski definition) is 5. The van der Waals surface area contributed by atoms with Crippen LogP contribution < -0.4 is 15.1 Å². The third-order valence-electron chi connectivity index (χ3n) is 6.20. The average molecular weight is 453 g/mol. The molecule has 0 bridgehead atoms. The molecule has 170 valence electrons. The second-order valence-corrected chi connectivity index (χ2v) is 8.54. The monoisotopic (exact) mass is 452 g/mol. The Morgan fingerprint density at radius 1 is 1.06 bits per heavy atom. The van der Waals surface area contributed by atoms with Crippen LogP contribution in [0.2, 0.25) is 0 Å². The maximum absolute atomic E-state index is 13.8. The summed E-state index contributed by atoms with van der Waals surface area (Å²) >= 11 is 0. The van der Waals surface area contributed by atoms with Crippen LogP contribution >= 0.6 is 0 Å². The van der Waals surface area contributed by atoms with Crippen LogP contribution in [0.25, 0.3) is 11.0 Å². The molecule has 6 nitrogen and oxygen atoms in total. The fraction of sp³-hybridized carbons (Fsp3) is 0.179. The Kier molecular flexibility index (Phi) is 5.28. The summed E-state index contributed by atoms with van der Waals surface area (Å²) in [6.07, 6.45) is 3.33. The number of benzene rings is 2. The molecule has 1 unspecified atom stereocenters. The highest BCUT2D eigenvalue weighted by atomic mass is 16.5. The second kappa shape index (κ2) is 8.30. The minimum absolute atomic E-state index is 0.0565. The molecule has 34 heavy (non-hydrogen) atoms. The van der Waals surface area contributed by atoms with Crippen LogP contribution in [0.4, 0.5) is 5.82 Å². The topological polar surface area (TPSA) is 72.6 Å². The standard InChI is InChI=1S/C28H24N2O4/c1-5-12-33-20-8-6-19(7-9-20)25-24-26(31)21-14-17(3)18(4)15-22(21)34-27(24)28(32)30(25)23-13-16(2)10-11-29-23/h5-11,13-15,25H,1,12H2,2-4H3. The van der Waals surface area contributed by atoms with E-state index < -0.39 is 6.04 Å². The summed E-state index contributed by atoms with van der Waals surface area (Å²) in [4.78, 5) is 33.4. The molecule has 1 aliphatic heterocycles. The normalized spacial score (nSPS) is 15.0. The van der Waals surface area contributed by atoms with Crippen LogP contribution in [0.5, 0.6) is 5.75 Å². The van der Waals surface area contributed by atoms with Crippen molar-refractivity contribution in [2.75, 3.05) is 11.5 Å². The van der Waals surface area contributed by atoms with Crippen molar-refractivity contribution in [2.24, 2.45) is 0 Å². The van der Waals surface area contributed by atoms with E-state index >= 15 is 0 Å². The molecule has 1 aliphatic rings. The van der Waals surface area contributed by atoms with Crippen LogP contribution in [0.15, 0.2) is 76.6 Å². The molecule has 5 rings (SSSR count). The lowest BCUT2D eigenvalue weighted by atomic mass is 9.97. The number of anilines is 1. The van der Waals surface area contributed by atoms with Crippen LogP contribution in [0.1, 0.15) is 44.4 Å². The number of aryl methyl sites for hydroxylation is 3. The molecule has 0 N–H and O–H groups in total. The fourth-order valence-electron chi connectivity index (χ4n) is 4.33. The van der Waals surface area contributed by atoms with Gasteiger partial charge in [-0.2, -0.15) is 0 Å². The summed E-state index contributed by atoms with van der Waals surface area (Å²) in [5.74, 6) is 0.803. The van der Waals surface area contributed by atoms with Gasteiger partial charge in [0.2, 0.25) is 5.76 Å². The van der Waals surface area contributed by atoms with Crippen molar-refractivity contribution in [3.8, 4) is 5.75 Å². The van der Waals surface area contributed by atoms with Gasteiger partial charge in [-0.3, -0.25) is 14.5 Å². The molecular formula is C28H24N2O4. The third kappa shape index (κ3) is 3.48. The largest absolute Gasteiger partial charge is 0.490 e. The summed E-state index contributed by atoms with van der Waals surface area (Å²) < 4.78 is 11.7. The maximum atomic E-state index is 13.8. The molecule has 6 heteroatoms. The van der Waals surface area contributed by atoms with Gasteiger partial charge in [0.1, 0.15) is 23.8 Å². The van der Waals surface area contributed by atoms with Gasteiger partial charge >= 0.3 is 0 Å². The lowest BCUT2D eigenvalue weighted by Crippen LogP contribution is -2.30. The van der Waals surface area contributed by atoms with E-state index in [-0.39, 0.29) is 17.1 Å². The highest BCUT2D eigenvalue weighted by Crippen LogP contribution is 2.41. The minimum atomic E-state index is -0.674. The average Bonchev–Trinajstić information content (AvgIpc) is 3.12. The number of pyridine rings is 1. The van der Waals surface area contributed by atoms with Gasteiger partial charge in [0.05, 0.1) is 17.0 Å². The van der Waals surface area contributed by atoms with Crippen molar-refractivity contribution in [2.45, 2.75) is 26.8 Å². The Balaban J connectivity index is 1.74. The van der Waals surface area contributed by atoms with E-state index in [1.165, 1.54) is 0 Å². The van der Waals surface area contributed by atoms with Crippen LogP contribution in [0, 0.1) is 20.8 Å². The highest BCUT2D eigenvalue weighted by molar-refractivity contribution is 6.10. The molecule has 1 atom stereocenters. The molecule has 0 spiro atoms. The minimum Gasteiger partial charge on any atom is -0.490 e. The maximum Gasteiger partial charge on any atom is 0.296 e. The van der Waals surface area contributed by atoms with Crippen LogP contribution in [-0.4, -0.2) is 17.5 Å². The van der Waals surface area contributed by atoms with Gasteiger partial charge in [-0.05, 0) is 79.4 Å². The summed E-state index contributed by atoms with van der Waals surface area (Å²) in [6.45, 7) is 9.89. The zero-order valence-corrected chi connectivity index (χ0v) is 19.3. The van der Waals surface area contributed by atoms with Gasteiger partial charge in [-0.15, -0.1) is 0 Å². The Morgan fingerprint density at radius 3 is 2.50 bits per heavy atom. The van der Waals surface area contributed by atoms with Gasteiger partial charge in [0.25, 0.3) is 5.91 Å². The number of fused-ring (bicyclic) bond motifs is 2. The molecule has 0 saturated heterocycles. The first-order valence-corrected chi connectivity index (χ1v) is 11.1. The van der Waals surface area contributed by atoms with E-state index in [9.17, 15) is 9.59 Å². The molecule has 1 amide bonds. The summed E-state index contributed by atoms with van der Waals surface area (Å²) in [6, 6.07) is 14.0. The third-order valence-corrected chi connectivity index (χ3v) is 6.20. The second-order valence-electron chi connectivity index (χ2n) is 8.54. The summed E-state index contributed by atoms with van der Waals surface area (Å²) in [5, 5.41) is 0.463. The fourth-order valence-corrected chi connectivity index (χ4v) is 4.33. The van der Waals surface area contributed by atoms with E-state index in [4.69, 9.17) is 9.15 Å². The molecule has 4 aromatic rings. The Bertz CT molecular complexity index is 1500. The number of hydrogen-bond donors (Lipinski definition) is 0. The number of aromatic nitrogens is 1. The smallest absolute Gasteiger partial charge is 0.296 e. The molecule has 0 fully saturated rings. The Hall–Kier alpha value is -4.19. The number of carbonyl (C=O) groups excluding carboxylic acids is 1. The van der Waals surface area contributed by atoms with E-state index in [1.54, 1.807) is 17.2 Å². The Labute approximate surface area is 197 Å². The lowest BCUT2D eigenvalue weighted by Gasteiger charge is -2.24. The number of carbonyl (C=O) groups is 1. The van der Waals surface area contributed by atoms with Crippen molar-refractivity contribution in [3.05, 3.63) is 111 Å². The molecule has 2 aromatic carbocycles. The zero-order chi connectivity index (χ0) is 24.0. The molecule has 0 saturated carbocycles. The van der Waals surface area contributed by atoms with Crippen LogP contribution in [0.3, 0.4) is 0 Å². The first-order chi connectivity index (χ1) is 16.4. The predicted octanol–water partition coefficient (Wildman–Crippen LogP) is 5.43. The zero-order valence-electron chi connectivity index (χ0n) is 19.3. The van der Waals surface area contributed by atoms with Crippen molar-refractivity contribution in [1.82, 2.24) is 4.98 Å². The summed E-state index contributed by atoms with van der Waals surface area (Å²) in [5.41, 5.74) is 4.22. The summed E-state index contributed by atoms with van der Waals surface area (Å²) in [7, 11) is 0. The molecule has 0 aliphatic carbocycles. The predicted molar refractivity (Wildman–Crippen MR) is 132 cm³/mol. The van der Waals surface area contributed by atoms with Crippen molar-refractivity contribution in [3.63, 3.8) is 0 Å². The quantitative estimate of drug-likeness (QED) is 0.378. The molecular weight excluding hydrogens is 428 g/mol. The SMILES string of the molecule is C=CCOc1ccc(C2c3c(oc4cc(C)c(C)cc4c3=O)C(=O)N2c2cc(C)ccn2)cc1. The molecule has 0 radical (unpaired) electrons. The van der Waals surface area contributed by atoms with E-state index in [1.807, 2.05) is 69.3 Å². The number of nitrogens with zero attached hydrogens (tertiary/aromatic N) is 2. The van der Waals surface area contributed by atoms with Crippen molar-refractivity contribution < 1.29 is 13.9 Å². The van der Waals surface area contributed by atoms with Gasteiger partial charge in [-0.25, -0.2) is 4.98 Å². The van der Waals surface area contributed by atoms with Gasteiger partial charge in [0.15, 0.2) is 5.43 Å². The van der Waals surface area contributed by atoms with Gasteiger partial charge in [0, 0.05) is 6.20 Å². The molecule has 3 heterocycles. The van der Waals surface area contributed by atoms with Gasteiger partial charge < -0.3 is 9.15 Å². The van der Waals surface area contributed by atoms with E-state index in [0.29, 0.717) is 34.7 Å². The van der Waals surface area contributed by atoms with E-state index in [2.05, 4.69) is 11.6 Å². The highest BCUT2D eigenvalue weighted by Gasteiger charge is 2.44. The lowest BCUT2D eigenvalue weighted by molar-refractivity contribution is 0.0970. The van der Waals surface area contributed by atoms with E-state index in [0.717, 1.165) is 22.3 Å². The number of ether oxygens (including phenoxy) is 1. The van der Waals surface area contributed by atoms with Crippen LogP contribution in [-0.2, 0) is 0 Å². The number of amides is 1. The Morgan fingerprint density at radius 2 is 1.79 bits per heavy atom. The first-order valence-electron chi connectivity index (χ1n) is 11.1. The van der Waals surface area contributed by atoms with Crippen molar-refractivity contribution in [1.29, 1.82) is 0 Å². The van der Waals surface area contributed by atoms with Crippen molar-refractivity contribution >= 4 is 22.7 Å². The first kappa shape index (κ1) is 21.6. The van der Waals surface area contributed by atoms with Gasteiger partial charge in [-0.1, -0.05) is 24.8 Å². The molecule has 2 aromatic heterocycles. The number of rotatable bonds is 5.